The van der Waals surface area contributed by atoms with Gasteiger partial charge in [0.15, 0.2) is 0 Å². The lowest BCUT2D eigenvalue weighted by Crippen LogP contribution is -2.03. The van der Waals surface area contributed by atoms with Crippen molar-refractivity contribution in [3.05, 3.63) is 71.5 Å². The third kappa shape index (κ3) is 6.87. The summed E-state index contributed by atoms with van der Waals surface area (Å²) in [5.74, 6) is 0.744. The number of carbonyl (C=O) groups excluding carboxylic acids is 1. The Morgan fingerprint density at radius 1 is 1.17 bits per heavy atom. The first-order chi connectivity index (χ1) is 14.6. The number of hydrogen-bond donors (Lipinski definition) is 0. The van der Waals surface area contributed by atoms with Gasteiger partial charge in [-0.05, 0) is 75.8 Å². The maximum Gasteiger partial charge on any atom is 0.306 e. The number of allylic oxidation sites excluding steroid dienone is 4. The lowest BCUT2D eigenvalue weighted by atomic mass is 10.1. The van der Waals surface area contributed by atoms with Gasteiger partial charge in [-0.3, -0.25) is 9.78 Å². The van der Waals surface area contributed by atoms with Gasteiger partial charge in [-0.25, -0.2) is 0 Å². The van der Waals surface area contributed by atoms with Gasteiger partial charge in [0.25, 0.3) is 0 Å². The highest BCUT2D eigenvalue weighted by Crippen LogP contribution is 2.22. The highest BCUT2D eigenvalue weighted by Gasteiger charge is 2.04. The van der Waals surface area contributed by atoms with E-state index in [-0.39, 0.29) is 5.97 Å². The van der Waals surface area contributed by atoms with Crippen molar-refractivity contribution in [2.24, 2.45) is 0 Å². The second-order valence-corrected chi connectivity index (χ2v) is 7.60. The Kier molecular flexibility index (Phi) is 8.25. The Morgan fingerprint density at radius 2 is 2.07 bits per heavy atom. The molecule has 1 aromatic carbocycles. The summed E-state index contributed by atoms with van der Waals surface area (Å²) in [4.78, 5) is 16.2. The highest BCUT2D eigenvalue weighted by molar-refractivity contribution is 5.80. The molecule has 0 fully saturated rings. The Balaban J connectivity index is 1.51. The number of hydrogen-bond acceptors (Lipinski definition) is 4. The Hall–Kier alpha value is -2.88. The van der Waals surface area contributed by atoms with Gasteiger partial charge < -0.3 is 9.47 Å². The van der Waals surface area contributed by atoms with Crippen LogP contribution in [-0.4, -0.2) is 24.2 Å². The number of benzene rings is 1. The summed E-state index contributed by atoms with van der Waals surface area (Å²) in [6.45, 7) is 4.94. The summed E-state index contributed by atoms with van der Waals surface area (Å²) in [7, 11) is 0. The molecule has 2 aromatic rings. The minimum absolute atomic E-state index is 0.128. The fraction of sp³-hybridized carbons (Fsp3) is 0.385. The van der Waals surface area contributed by atoms with Crippen LogP contribution in [0, 0.1) is 0 Å². The van der Waals surface area contributed by atoms with Gasteiger partial charge in [-0.1, -0.05) is 35.9 Å². The second-order valence-electron chi connectivity index (χ2n) is 7.60. The molecule has 0 saturated carbocycles. The van der Waals surface area contributed by atoms with Crippen molar-refractivity contribution in [1.29, 1.82) is 0 Å². The number of carbonyl (C=O) groups is 1. The van der Waals surface area contributed by atoms with Crippen LogP contribution < -0.4 is 4.74 Å². The number of fused-ring (bicyclic) bond motifs is 1. The number of aromatic nitrogens is 1. The molecule has 0 atom stereocenters. The van der Waals surface area contributed by atoms with Gasteiger partial charge in [-0.15, -0.1) is 0 Å². The number of rotatable bonds is 10. The standard InChI is InChI=1S/C26H31NO3/c1-3-29-26(28)17-12-20(2)8-7-11-23-14-13-22-18-24(15-16-25(22)27-23)30-19-21-9-5-4-6-10-21/h5,8-10,13-16,18H,3-4,6-7,11-12,17,19H2,1-2H3/b20-8+. The molecule has 1 heterocycles. The fourth-order valence-corrected chi connectivity index (χ4v) is 3.42. The SMILES string of the molecule is CCOC(=O)CC/C(C)=C/CCc1ccc2cc(OCC3=CCCC=C3)ccc2n1. The van der Waals surface area contributed by atoms with E-state index < -0.39 is 0 Å². The topological polar surface area (TPSA) is 48.4 Å². The van der Waals surface area contributed by atoms with Crippen molar-refractivity contribution in [3.63, 3.8) is 0 Å². The van der Waals surface area contributed by atoms with Crippen LogP contribution in [0.3, 0.4) is 0 Å². The third-order valence-corrected chi connectivity index (χ3v) is 5.12. The molecule has 1 aromatic heterocycles. The molecule has 0 saturated heterocycles. The normalized spacial score (nSPS) is 13.9. The van der Waals surface area contributed by atoms with E-state index in [9.17, 15) is 4.79 Å². The zero-order valence-corrected chi connectivity index (χ0v) is 18.0. The molecule has 1 aliphatic rings. The van der Waals surface area contributed by atoms with Crippen LogP contribution >= 0.6 is 0 Å². The predicted octanol–water partition coefficient (Wildman–Crippen LogP) is 6.11. The fourth-order valence-electron chi connectivity index (χ4n) is 3.42. The van der Waals surface area contributed by atoms with Gasteiger partial charge >= 0.3 is 5.97 Å². The van der Waals surface area contributed by atoms with Crippen molar-refractivity contribution in [2.45, 2.75) is 52.4 Å². The van der Waals surface area contributed by atoms with Crippen molar-refractivity contribution < 1.29 is 14.3 Å². The molecule has 0 spiro atoms. The van der Waals surface area contributed by atoms with Gasteiger partial charge in [0.05, 0.1) is 12.1 Å². The number of pyridine rings is 1. The van der Waals surface area contributed by atoms with Crippen LogP contribution in [0.4, 0.5) is 0 Å². The summed E-state index contributed by atoms with van der Waals surface area (Å²) in [5.41, 5.74) is 4.51. The van der Waals surface area contributed by atoms with E-state index in [1.165, 1.54) is 11.1 Å². The molecule has 3 rings (SSSR count). The molecular formula is C26H31NO3. The van der Waals surface area contributed by atoms with Crippen LogP contribution in [0.25, 0.3) is 10.9 Å². The zero-order chi connectivity index (χ0) is 21.2. The maximum absolute atomic E-state index is 11.4. The molecule has 30 heavy (non-hydrogen) atoms. The quantitative estimate of drug-likeness (QED) is 0.353. The van der Waals surface area contributed by atoms with Gasteiger partial charge in [0.2, 0.25) is 0 Å². The average molecular weight is 406 g/mol. The molecule has 0 unspecified atom stereocenters. The molecule has 0 radical (unpaired) electrons. The smallest absolute Gasteiger partial charge is 0.306 e. The van der Waals surface area contributed by atoms with E-state index in [2.05, 4.69) is 49.4 Å². The Bertz CT molecular complexity index is 956. The molecular weight excluding hydrogens is 374 g/mol. The maximum atomic E-state index is 11.4. The Labute approximate surface area is 179 Å². The first-order valence-electron chi connectivity index (χ1n) is 10.8. The molecule has 4 nitrogen and oxygen atoms in total. The summed E-state index contributed by atoms with van der Waals surface area (Å²) < 4.78 is 10.9. The molecule has 0 amide bonds. The molecule has 158 valence electrons. The third-order valence-electron chi connectivity index (χ3n) is 5.12. The predicted molar refractivity (Wildman–Crippen MR) is 122 cm³/mol. The summed E-state index contributed by atoms with van der Waals surface area (Å²) in [5, 5.41) is 1.09. The number of esters is 1. The number of aryl methyl sites for hydroxylation is 1. The summed E-state index contributed by atoms with van der Waals surface area (Å²) in [6.07, 6.45) is 14.0. The van der Waals surface area contributed by atoms with E-state index in [1.807, 2.05) is 19.1 Å². The Morgan fingerprint density at radius 3 is 2.87 bits per heavy atom. The van der Waals surface area contributed by atoms with E-state index >= 15 is 0 Å². The lowest BCUT2D eigenvalue weighted by molar-refractivity contribution is -0.143. The van der Waals surface area contributed by atoms with Gasteiger partial charge in [0.1, 0.15) is 12.4 Å². The largest absolute Gasteiger partial charge is 0.489 e. The lowest BCUT2D eigenvalue weighted by Gasteiger charge is -2.10. The monoisotopic (exact) mass is 405 g/mol. The summed E-state index contributed by atoms with van der Waals surface area (Å²) in [6, 6.07) is 10.3. The zero-order valence-electron chi connectivity index (χ0n) is 18.0. The highest BCUT2D eigenvalue weighted by atomic mass is 16.5. The first kappa shape index (κ1) is 21.8. The van der Waals surface area contributed by atoms with Crippen LogP contribution in [0.2, 0.25) is 0 Å². The molecule has 1 aliphatic carbocycles. The number of nitrogens with zero attached hydrogens (tertiary/aromatic N) is 1. The van der Waals surface area contributed by atoms with Crippen LogP contribution in [-0.2, 0) is 16.0 Å². The molecule has 0 N–H and O–H groups in total. The second kappa shape index (κ2) is 11.3. The van der Waals surface area contributed by atoms with E-state index in [1.54, 1.807) is 0 Å². The molecule has 0 bridgehead atoms. The van der Waals surface area contributed by atoms with E-state index in [0.29, 0.717) is 19.6 Å². The van der Waals surface area contributed by atoms with Crippen LogP contribution in [0.1, 0.15) is 51.6 Å². The van der Waals surface area contributed by atoms with E-state index in [0.717, 1.165) is 54.5 Å². The minimum Gasteiger partial charge on any atom is -0.489 e. The van der Waals surface area contributed by atoms with E-state index in [4.69, 9.17) is 14.5 Å². The van der Waals surface area contributed by atoms with Crippen LogP contribution in [0.15, 0.2) is 65.8 Å². The van der Waals surface area contributed by atoms with Gasteiger partial charge in [-0.2, -0.15) is 0 Å². The van der Waals surface area contributed by atoms with Crippen LogP contribution in [0.5, 0.6) is 5.75 Å². The summed E-state index contributed by atoms with van der Waals surface area (Å²) >= 11 is 0. The van der Waals surface area contributed by atoms with Crippen molar-refractivity contribution in [1.82, 2.24) is 4.98 Å². The van der Waals surface area contributed by atoms with Crippen molar-refractivity contribution in [2.75, 3.05) is 13.2 Å². The minimum atomic E-state index is -0.128. The molecule has 4 heteroatoms. The van der Waals surface area contributed by atoms with Crippen molar-refractivity contribution in [3.8, 4) is 5.75 Å². The molecule has 0 aliphatic heterocycles. The van der Waals surface area contributed by atoms with Crippen molar-refractivity contribution >= 4 is 16.9 Å². The van der Waals surface area contributed by atoms with Gasteiger partial charge in [0, 0.05) is 17.5 Å². The first-order valence-corrected chi connectivity index (χ1v) is 10.8. The average Bonchev–Trinajstić information content (AvgIpc) is 2.77. The number of ether oxygens (including phenoxy) is 2.